The van der Waals surface area contributed by atoms with Crippen LogP contribution in [0.1, 0.15) is 44.1 Å². The standard InChI is InChI=1S/C17H26N2O2/c1-14-8-5-6-11-16(14)21-13-7-12-18-17(20)19-15-9-3-2-4-10-15/h5-6,8,11,15H,2-4,7,9-10,12-13H2,1H3,(H2,18,19,20). The Morgan fingerprint density at radius 2 is 2.00 bits per heavy atom. The van der Waals surface area contributed by atoms with E-state index in [2.05, 4.69) is 10.6 Å². The Hall–Kier alpha value is -1.71. The van der Waals surface area contributed by atoms with Gasteiger partial charge in [0.05, 0.1) is 6.61 Å². The maximum absolute atomic E-state index is 11.7. The molecule has 0 heterocycles. The first kappa shape index (κ1) is 15.7. The largest absolute Gasteiger partial charge is 0.493 e. The lowest BCUT2D eigenvalue weighted by Crippen LogP contribution is -2.43. The summed E-state index contributed by atoms with van der Waals surface area (Å²) in [6, 6.07) is 8.29. The van der Waals surface area contributed by atoms with Gasteiger partial charge in [-0.05, 0) is 37.8 Å². The third-order valence-electron chi connectivity index (χ3n) is 3.90. The molecule has 1 aliphatic rings. The maximum atomic E-state index is 11.7. The van der Waals surface area contributed by atoms with Crippen molar-refractivity contribution in [3.05, 3.63) is 29.8 Å². The van der Waals surface area contributed by atoms with Crippen LogP contribution in [0.2, 0.25) is 0 Å². The molecule has 116 valence electrons. The summed E-state index contributed by atoms with van der Waals surface area (Å²) in [7, 11) is 0. The van der Waals surface area contributed by atoms with E-state index in [0.29, 0.717) is 19.2 Å². The fraction of sp³-hybridized carbons (Fsp3) is 0.588. The number of ether oxygens (including phenoxy) is 1. The highest BCUT2D eigenvalue weighted by atomic mass is 16.5. The summed E-state index contributed by atoms with van der Waals surface area (Å²) in [4.78, 5) is 11.7. The number of rotatable bonds is 6. The molecule has 0 bridgehead atoms. The molecule has 21 heavy (non-hydrogen) atoms. The molecule has 1 fully saturated rings. The van der Waals surface area contributed by atoms with E-state index in [9.17, 15) is 4.79 Å². The van der Waals surface area contributed by atoms with Crippen LogP contribution in [0, 0.1) is 6.92 Å². The molecule has 4 heteroatoms. The van der Waals surface area contributed by atoms with Crippen molar-refractivity contribution in [1.29, 1.82) is 0 Å². The van der Waals surface area contributed by atoms with Crippen LogP contribution in [-0.2, 0) is 0 Å². The number of nitrogens with one attached hydrogen (secondary N) is 2. The van der Waals surface area contributed by atoms with Gasteiger partial charge in [-0.3, -0.25) is 0 Å². The number of para-hydroxylation sites is 1. The number of aryl methyl sites for hydroxylation is 1. The van der Waals surface area contributed by atoms with E-state index in [1.54, 1.807) is 0 Å². The van der Waals surface area contributed by atoms with Gasteiger partial charge in [-0.25, -0.2) is 4.79 Å². The topological polar surface area (TPSA) is 50.4 Å². The van der Waals surface area contributed by atoms with Crippen molar-refractivity contribution in [3.63, 3.8) is 0 Å². The van der Waals surface area contributed by atoms with Crippen LogP contribution in [0.4, 0.5) is 4.79 Å². The Labute approximate surface area is 127 Å². The molecule has 0 atom stereocenters. The van der Waals surface area contributed by atoms with Crippen LogP contribution in [-0.4, -0.2) is 25.2 Å². The minimum Gasteiger partial charge on any atom is -0.493 e. The summed E-state index contributed by atoms with van der Waals surface area (Å²) in [6.07, 6.45) is 6.81. The van der Waals surface area contributed by atoms with Gasteiger partial charge in [-0.2, -0.15) is 0 Å². The van der Waals surface area contributed by atoms with Gasteiger partial charge in [0, 0.05) is 12.6 Å². The number of benzene rings is 1. The summed E-state index contributed by atoms with van der Waals surface area (Å²) < 4.78 is 5.70. The Morgan fingerprint density at radius 3 is 2.76 bits per heavy atom. The summed E-state index contributed by atoms with van der Waals surface area (Å²) in [5, 5.41) is 5.95. The lowest BCUT2D eigenvalue weighted by atomic mass is 9.96. The molecule has 0 saturated heterocycles. The zero-order chi connectivity index (χ0) is 14.9. The molecule has 4 nitrogen and oxygen atoms in total. The third kappa shape index (κ3) is 5.66. The van der Waals surface area contributed by atoms with Crippen LogP contribution >= 0.6 is 0 Å². The van der Waals surface area contributed by atoms with Crippen molar-refractivity contribution in [2.24, 2.45) is 0 Å². The summed E-state index contributed by atoms with van der Waals surface area (Å²) in [5.41, 5.74) is 1.14. The van der Waals surface area contributed by atoms with Gasteiger partial charge >= 0.3 is 6.03 Å². The lowest BCUT2D eigenvalue weighted by molar-refractivity contribution is 0.231. The molecular weight excluding hydrogens is 264 g/mol. The minimum atomic E-state index is -0.0437. The highest BCUT2D eigenvalue weighted by Gasteiger charge is 2.14. The Kier molecular flexibility index (Phi) is 6.38. The van der Waals surface area contributed by atoms with Gasteiger partial charge in [-0.1, -0.05) is 37.5 Å². The molecule has 2 rings (SSSR count). The molecular formula is C17H26N2O2. The van der Waals surface area contributed by atoms with Gasteiger partial charge in [0.15, 0.2) is 0 Å². The van der Waals surface area contributed by atoms with Gasteiger partial charge in [-0.15, -0.1) is 0 Å². The molecule has 1 aromatic carbocycles. The molecule has 0 spiro atoms. The molecule has 0 unspecified atom stereocenters. The van der Waals surface area contributed by atoms with Crippen molar-refractivity contribution < 1.29 is 9.53 Å². The van der Waals surface area contributed by atoms with Crippen molar-refractivity contribution in [2.45, 2.75) is 51.5 Å². The van der Waals surface area contributed by atoms with E-state index in [1.807, 2.05) is 31.2 Å². The zero-order valence-corrected chi connectivity index (χ0v) is 12.9. The number of urea groups is 1. The fourth-order valence-corrected chi connectivity index (χ4v) is 2.66. The predicted octanol–water partition coefficient (Wildman–Crippen LogP) is 3.40. The zero-order valence-electron chi connectivity index (χ0n) is 12.9. The lowest BCUT2D eigenvalue weighted by Gasteiger charge is -2.22. The van der Waals surface area contributed by atoms with Crippen LogP contribution in [0.3, 0.4) is 0 Å². The molecule has 2 N–H and O–H groups in total. The van der Waals surface area contributed by atoms with Gasteiger partial charge in [0.25, 0.3) is 0 Å². The van der Waals surface area contributed by atoms with Crippen molar-refractivity contribution in [2.75, 3.05) is 13.2 Å². The number of hydrogen-bond acceptors (Lipinski definition) is 2. The molecule has 2 amide bonds. The first-order valence-corrected chi connectivity index (χ1v) is 7.98. The Balaban J connectivity index is 1.55. The predicted molar refractivity (Wildman–Crippen MR) is 84.7 cm³/mol. The van der Waals surface area contributed by atoms with Gasteiger partial charge < -0.3 is 15.4 Å². The number of amides is 2. The molecule has 0 aromatic heterocycles. The van der Waals surface area contributed by atoms with E-state index in [-0.39, 0.29) is 6.03 Å². The van der Waals surface area contributed by atoms with Crippen LogP contribution < -0.4 is 15.4 Å². The highest BCUT2D eigenvalue weighted by molar-refractivity contribution is 5.74. The van der Waals surface area contributed by atoms with Crippen LogP contribution in [0.15, 0.2) is 24.3 Å². The molecule has 0 aliphatic heterocycles. The summed E-state index contributed by atoms with van der Waals surface area (Å²) in [5.74, 6) is 0.921. The third-order valence-corrected chi connectivity index (χ3v) is 3.90. The quantitative estimate of drug-likeness (QED) is 0.789. The Morgan fingerprint density at radius 1 is 1.24 bits per heavy atom. The van der Waals surface area contributed by atoms with Crippen LogP contribution in [0.25, 0.3) is 0 Å². The normalized spacial score (nSPS) is 15.5. The van der Waals surface area contributed by atoms with Crippen LogP contribution in [0.5, 0.6) is 5.75 Å². The first-order chi connectivity index (χ1) is 10.3. The molecule has 0 radical (unpaired) electrons. The second-order valence-electron chi connectivity index (χ2n) is 5.70. The highest BCUT2D eigenvalue weighted by Crippen LogP contribution is 2.17. The Bertz CT molecular complexity index is 442. The average Bonchev–Trinajstić information content (AvgIpc) is 2.50. The number of carbonyl (C=O) groups is 1. The SMILES string of the molecule is Cc1ccccc1OCCCNC(=O)NC1CCCCC1. The second kappa shape index (κ2) is 8.55. The average molecular weight is 290 g/mol. The molecule has 1 saturated carbocycles. The van der Waals surface area contributed by atoms with Gasteiger partial charge in [0.1, 0.15) is 5.75 Å². The second-order valence-corrected chi connectivity index (χ2v) is 5.70. The smallest absolute Gasteiger partial charge is 0.315 e. The van der Waals surface area contributed by atoms with Crippen molar-refractivity contribution >= 4 is 6.03 Å². The van der Waals surface area contributed by atoms with E-state index in [4.69, 9.17) is 4.74 Å². The summed E-state index contributed by atoms with van der Waals surface area (Å²) in [6.45, 7) is 3.30. The molecule has 1 aromatic rings. The van der Waals surface area contributed by atoms with Gasteiger partial charge in [0.2, 0.25) is 0 Å². The fourth-order valence-electron chi connectivity index (χ4n) is 2.66. The number of carbonyl (C=O) groups excluding carboxylic acids is 1. The minimum absolute atomic E-state index is 0.0437. The maximum Gasteiger partial charge on any atom is 0.315 e. The van der Waals surface area contributed by atoms with E-state index in [0.717, 1.165) is 30.6 Å². The van der Waals surface area contributed by atoms with E-state index >= 15 is 0 Å². The monoisotopic (exact) mass is 290 g/mol. The first-order valence-electron chi connectivity index (χ1n) is 7.98. The van der Waals surface area contributed by atoms with E-state index in [1.165, 1.54) is 19.3 Å². The van der Waals surface area contributed by atoms with Crippen molar-refractivity contribution in [1.82, 2.24) is 10.6 Å². The van der Waals surface area contributed by atoms with E-state index < -0.39 is 0 Å². The number of hydrogen-bond donors (Lipinski definition) is 2. The summed E-state index contributed by atoms with van der Waals surface area (Å²) >= 11 is 0. The molecule has 1 aliphatic carbocycles. The van der Waals surface area contributed by atoms with Crippen molar-refractivity contribution in [3.8, 4) is 5.75 Å².